The van der Waals surface area contributed by atoms with E-state index in [0.29, 0.717) is 13.2 Å². The zero-order valence-corrected chi connectivity index (χ0v) is 19.8. The third kappa shape index (κ3) is 4.17. The lowest BCUT2D eigenvalue weighted by atomic mass is 10.1. The Balaban J connectivity index is 1.60. The van der Waals surface area contributed by atoms with E-state index >= 15 is 0 Å². The average Bonchev–Trinajstić information content (AvgIpc) is 3.20. The van der Waals surface area contributed by atoms with Gasteiger partial charge in [0.2, 0.25) is 0 Å². The normalized spacial score (nSPS) is 14.6. The molecule has 0 atom stereocenters. The molecule has 0 aliphatic carbocycles. The molecule has 0 bridgehead atoms. The lowest BCUT2D eigenvalue weighted by molar-refractivity contribution is 0.0366. The minimum absolute atomic E-state index is 0.00724. The molecule has 0 N–H and O–H groups in total. The summed E-state index contributed by atoms with van der Waals surface area (Å²) < 4.78 is 21.0. The van der Waals surface area contributed by atoms with Crippen molar-refractivity contribution in [3.8, 4) is 11.5 Å². The minimum atomic E-state index is -0.00724. The molecule has 1 aliphatic heterocycles. The number of morpholine rings is 1. The van der Waals surface area contributed by atoms with Crippen LogP contribution in [-0.2, 0) is 17.8 Å². The Kier molecular flexibility index (Phi) is 6.56. The molecule has 1 aliphatic rings. The number of aromatic nitrogens is 2. The third-order valence-corrected chi connectivity index (χ3v) is 6.55. The Morgan fingerprint density at radius 3 is 2.56 bits per heavy atom. The average molecular weight is 462 g/mol. The first-order valence-electron chi connectivity index (χ1n) is 11.9. The van der Waals surface area contributed by atoms with E-state index in [-0.39, 0.29) is 5.56 Å². The van der Waals surface area contributed by atoms with Crippen LogP contribution in [0.1, 0.15) is 12.5 Å². The Morgan fingerprint density at radius 1 is 0.971 bits per heavy atom. The Morgan fingerprint density at radius 2 is 1.76 bits per heavy atom. The number of para-hydroxylation sites is 2. The van der Waals surface area contributed by atoms with Crippen molar-refractivity contribution >= 4 is 21.8 Å². The molecule has 0 amide bonds. The van der Waals surface area contributed by atoms with Crippen LogP contribution in [0, 0.1) is 0 Å². The summed E-state index contributed by atoms with van der Waals surface area (Å²) in [6.45, 7) is 8.07. The second kappa shape index (κ2) is 9.91. The minimum Gasteiger partial charge on any atom is -0.495 e. The number of fused-ring (bicyclic) bond motifs is 3. The van der Waals surface area contributed by atoms with Gasteiger partial charge in [0.05, 0.1) is 49.9 Å². The number of ether oxygens (including phenoxy) is 3. The molecule has 178 valence electrons. The van der Waals surface area contributed by atoms with Crippen molar-refractivity contribution < 1.29 is 14.2 Å². The van der Waals surface area contributed by atoms with E-state index in [1.165, 1.54) is 0 Å². The van der Waals surface area contributed by atoms with Crippen LogP contribution in [0.2, 0.25) is 0 Å². The van der Waals surface area contributed by atoms with Crippen molar-refractivity contribution in [1.29, 1.82) is 0 Å². The summed E-state index contributed by atoms with van der Waals surface area (Å²) in [5, 5.41) is 1.65. The summed E-state index contributed by atoms with van der Waals surface area (Å²) in [6.07, 6.45) is 1.89. The molecule has 1 fully saturated rings. The molecular weight excluding hydrogens is 430 g/mol. The fourth-order valence-corrected chi connectivity index (χ4v) is 4.87. The molecule has 0 saturated carbocycles. The summed E-state index contributed by atoms with van der Waals surface area (Å²) in [5.41, 5.74) is 2.89. The summed E-state index contributed by atoms with van der Waals surface area (Å²) in [6, 6.07) is 15.9. The van der Waals surface area contributed by atoms with Gasteiger partial charge in [-0.2, -0.15) is 0 Å². The summed E-state index contributed by atoms with van der Waals surface area (Å²) in [4.78, 5) is 16.2. The first-order valence-corrected chi connectivity index (χ1v) is 11.9. The Bertz CT molecular complexity index is 1350. The van der Waals surface area contributed by atoms with Crippen LogP contribution in [0.25, 0.3) is 21.8 Å². The second-order valence-corrected chi connectivity index (χ2v) is 8.51. The van der Waals surface area contributed by atoms with E-state index in [4.69, 9.17) is 14.2 Å². The fourth-order valence-electron chi connectivity index (χ4n) is 4.87. The number of rotatable bonds is 8. The molecule has 7 heteroatoms. The predicted molar refractivity (Wildman–Crippen MR) is 134 cm³/mol. The first-order chi connectivity index (χ1) is 16.7. The van der Waals surface area contributed by atoms with Crippen LogP contribution in [0.4, 0.5) is 0 Å². The number of pyridine rings is 1. The van der Waals surface area contributed by atoms with Gasteiger partial charge in [-0.15, -0.1) is 0 Å². The van der Waals surface area contributed by atoms with Crippen molar-refractivity contribution in [3.05, 3.63) is 70.6 Å². The molecule has 3 heterocycles. The fraction of sp³-hybridized carbons (Fsp3) is 0.370. The highest BCUT2D eigenvalue weighted by atomic mass is 16.5. The lowest BCUT2D eigenvalue weighted by Gasteiger charge is -2.27. The molecule has 4 aromatic rings. The van der Waals surface area contributed by atoms with E-state index in [1.54, 1.807) is 11.7 Å². The maximum Gasteiger partial charge on any atom is 0.260 e. The monoisotopic (exact) mass is 461 g/mol. The van der Waals surface area contributed by atoms with Crippen molar-refractivity contribution in [2.45, 2.75) is 20.0 Å². The van der Waals surface area contributed by atoms with Gasteiger partial charge in [0.25, 0.3) is 5.56 Å². The zero-order valence-electron chi connectivity index (χ0n) is 19.8. The largest absolute Gasteiger partial charge is 0.495 e. The van der Waals surface area contributed by atoms with E-state index in [1.807, 2.05) is 55.6 Å². The van der Waals surface area contributed by atoms with Gasteiger partial charge in [-0.25, -0.2) is 0 Å². The maximum absolute atomic E-state index is 13.8. The topological polar surface area (TPSA) is 57.9 Å². The molecule has 34 heavy (non-hydrogen) atoms. The van der Waals surface area contributed by atoms with E-state index in [0.717, 1.165) is 78.3 Å². The van der Waals surface area contributed by atoms with Crippen molar-refractivity contribution in [2.75, 3.05) is 46.6 Å². The summed E-state index contributed by atoms with van der Waals surface area (Å²) in [7, 11) is 1.68. The summed E-state index contributed by atoms with van der Waals surface area (Å²) >= 11 is 0. The highest BCUT2D eigenvalue weighted by molar-refractivity contribution is 6.09. The van der Waals surface area contributed by atoms with Gasteiger partial charge in [-0.3, -0.25) is 9.69 Å². The molecule has 0 spiro atoms. The number of hydrogen-bond acceptors (Lipinski definition) is 5. The number of methoxy groups -OCH3 is 1. The van der Waals surface area contributed by atoms with Gasteiger partial charge >= 0.3 is 0 Å². The Labute approximate surface area is 199 Å². The van der Waals surface area contributed by atoms with Crippen molar-refractivity contribution in [1.82, 2.24) is 14.0 Å². The molecule has 7 nitrogen and oxygen atoms in total. The molecule has 2 aromatic heterocycles. The van der Waals surface area contributed by atoms with E-state index in [2.05, 4.69) is 15.5 Å². The van der Waals surface area contributed by atoms with Crippen LogP contribution >= 0.6 is 0 Å². The number of benzene rings is 2. The van der Waals surface area contributed by atoms with Crippen molar-refractivity contribution in [3.63, 3.8) is 0 Å². The highest BCUT2D eigenvalue weighted by Gasteiger charge is 2.19. The standard InChI is InChI=1S/C27H31N3O4/c1-3-34-23-9-5-4-7-20(23)19-29-12-11-22-25(27(29)31)21-8-6-10-24(32-2)26(21)30(22)14-13-28-15-17-33-18-16-28/h4-12H,3,13-19H2,1-2H3. The first kappa shape index (κ1) is 22.5. The van der Waals surface area contributed by atoms with Gasteiger partial charge in [0.15, 0.2) is 0 Å². The number of nitrogens with zero attached hydrogens (tertiary/aromatic N) is 3. The van der Waals surface area contributed by atoms with Gasteiger partial charge in [-0.05, 0) is 25.1 Å². The van der Waals surface area contributed by atoms with Crippen LogP contribution in [0.15, 0.2) is 59.5 Å². The van der Waals surface area contributed by atoms with E-state index in [9.17, 15) is 4.79 Å². The lowest BCUT2D eigenvalue weighted by Crippen LogP contribution is -2.38. The van der Waals surface area contributed by atoms with Gasteiger partial charge in [0, 0.05) is 43.3 Å². The van der Waals surface area contributed by atoms with Crippen LogP contribution in [0.3, 0.4) is 0 Å². The predicted octanol–water partition coefficient (Wildman–Crippen LogP) is 3.74. The van der Waals surface area contributed by atoms with Crippen molar-refractivity contribution in [2.24, 2.45) is 0 Å². The molecule has 5 rings (SSSR count). The molecule has 0 unspecified atom stereocenters. The second-order valence-electron chi connectivity index (χ2n) is 8.51. The number of hydrogen-bond donors (Lipinski definition) is 0. The quantitative estimate of drug-likeness (QED) is 0.400. The third-order valence-electron chi connectivity index (χ3n) is 6.55. The molecule has 0 radical (unpaired) electrons. The molecule has 1 saturated heterocycles. The van der Waals surface area contributed by atoms with Gasteiger partial charge in [-0.1, -0.05) is 30.3 Å². The smallest absolute Gasteiger partial charge is 0.260 e. The van der Waals surface area contributed by atoms with Crippen LogP contribution in [0.5, 0.6) is 11.5 Å². The van der Waals surface area contributed by atoms with Crippen LogP contribution < -0.4 is 15.0 Å². The molecular formula is C27H31N3O4. The van der Waals surface area contributed by atoms with Gasteiger partial charge < -0.3 is 23.3 Å². The maximum atomic E-state index is 13.8. The highest BCUT2D eigenvalue weighted by Crippen LogP contribution is 2.33. The zero-order chi connectivity index (χ0) is 23.5. The molecule has 2 aromatic carbocycles. The SMILES string of the molecule is CCOc1ccccc1Cn1ccc2c(c1=O)c1cccc(OC)c1n2CCN1CCOCC1. The van der Waals surface area contributed by atoms with Gasteiger partial charge in [0.1, 0.15) is 11.5 Å². The summed E-state index contributed by atoms with van der Waals surface area (Å²) in [5.74, 6) is 1.59. The Hall–Kier alpha value is -3.29. The van der Waals surface area contributed by atoms with Crippen LogP contribution in [-0.4, -0.2) is 60.6 Å². The van der Waals surface area contributed by atoms with E-state index < -0.39 is 0 Å².